The van der Waals surface area contributed by atoms with Crippen LogP contribution in [0.25, 0.3) is 0 Å². The summed E-state index contributed by atoms with van der Waals surface area (Å²) in [7, 11) is 1.38. The molecule has 0 bridgehead atoms. The van der Waals surface area contributed by atoms with Gasteiger partial charge in [-0.1, -0.05) is 13.3 Å². The Morgan fingerprint density at radius 1 is 1.42 bits per heavy atom. The molecule has 1 aromatic rings. The van der Waals surface area contributed by atoms with Crippen LogP contribution >= 0.6 is 0 Å². The van der Waals surface area contributed by atoms with Crippen molar-refractivity contribution in [3.8, 4) is 5.75 Å². The summed E-state index contributed by atoms with van der Waals surface area (Å²) in [6.07, 6.45) is 1.92. The minimum Gasteiger partial charge on any atom is -0.494 e. The molecule has 4 nitrogen and oxygen atoms in total. The molecular formula is C14H21FN2O2. The van der Waals surface area contributed by atoms with E-state index in [9.17, 15) is 9.18 Å². The molecule has 0 aliphatic heterocycles. The van der Waals surface area contributed by atoms with Gasteiger partial charge in [-0.25, -0.2) is 4.39 Å². The molecule has 0 radical (unpaired) electrons. The number of ether oxygens (including phenoxy) is 1. The van der Waals surface area contributed by atoms with Gasteiger partial charge in [-0.05, 0) is 24.6 Å². The number of carbonyl (C=O) groups excluding carboxylic acids is 1. The third-order valence-electron chi connectivity index (χ3n) is 2.87. The zero-order chi connectivity index (χ0) is 14.3. The second-order valence-electron chi connectivity index (χ2n) is 4.28. The van der Waals surface area contributed by atoms with E-state index in [-0.39, 0.29) is 11.7 Å². The van der Waals surface area contributed by atoms with Crippen molar-refractivity contribution >= 4 is 5.91 Å². The van der Waals surface area contributed by atoms with Crippen LogP contribution in [0.15, 0.2) is 18.2 Å². The quantitative estimate of drug-likeness (QED) is 0.823. The van der Waals surface area contributed by atoms with E-state index in [2.05, 4.69) is 6.92 Å². The number of methoxy groups -OCH3 is 1. The van der Waals surface area contributed by atoms with Crippen LogP contribution in [-0.2, 0) is 0 Å². The zero-order valence-electron chi connectivity index (χ0n) is 11.5. The van der Waals surface area contributed by atoms with Gasteiger partial charge in [-0.3, -0.25) is 4.79 Å². The van der Waals surface area contributed by atoms with Crippen LogP contribution in [0.1, 0.15) is 30.1 Å². The first-order valence-electron chi connectivity index (χ1n) is 6.46. The van der Waals surface area contributed by atoms with Crippen molar-refractivity contribution in [1.29, 1.82) is 0 Å². The van der Waals surface area contributed by atoms with Gasteiger partial charge in [0.05, 0.1) is 7.11 Å². The molecule has 106 valence electrons. The molecule has 0 spiro atoms. The Balaban J connectivity index is 2.88. The average Bonchev–Trinajstić information content (AvgIpc) is 2.43. The molecule has 0 saturated carbocycles. The summed E-state index contributed by atoms with van der Waals surface area (Å²) in [6, 6.07) is 4.13. The molecule has 0 atom stereocenters. The first kappa shape index (κ1) is 15.4. The van der Waals surface area contributed by atoms with Gasteiger partial charge in [0.2, 0.25) is 0 Å². The molecule has 0 fully saturated rings. The Morgan fingerprint density at radius 2 is 2.16 bits per heavy atom. The molecule has 5 heteroatoms. The fraction of sp³-hybridized carbons (Fsp3) is 0.500. The number of halogens is 1. The minimum absolute atomic E-state index is 0.0778. The largest absolute Gasteiger partial charge is 0.494 e. The highest BCUT2D eigenvalue weighted by atomic mass is 19.1. The Kier molecular flexibility index (Phi) is 6.29. The number of nitrogens with zero attached hydrogens (tertiary/aromatic N) is 1. The van der Waals surface area contributed by atoms with E-state index in [1.165, 1.54) is 25.3 Å². The molecule has 0 saturated heterocycles. The first-order valence-corrected chi connectivity index (χ1v) is 6.46. The lowest BCUT2D eigenvalue weighted by molar-refractivity contribution is 0.0757. The van der Waals surface area contributed by atoms with Crippen molar-refractivity contribution in [2.45, 2.75) is 19.8 Å². The van der Waals surface area contributed by atoms with E-state index in [4.69, 9.17) is 10.5 Å². The summed E-state index contributed by atoms with van der Waals surface area (Å²) in [5, 5.41) is 0. The summed E-state index contributed by atoms with van der Waals surface area (Å²) in [4.78, 5) is 14.0. The molecule has 1 amide bonds. The number of nitrogens with two attached hydrogens (primary N) is 1. The average molecular weight is 268 g/mol. The van der Waals surface area contributed by atoms with Crippen LogP contribution < -0.4 is 10.5 Å². The topological polar surface area (TPSA) is 55.6 Å². The molecular weight excluding hydrogens is 247 g/mol. The summed E-state index contributed by atoms with van der Waals surface area (Å²) in [5.74, 6) is -0.538. The number of benzene rings is 1. The van der Waals surface area contributed by atoms with E-state index in [1.807, 2.05) is 0 Å². The Labute approximate surface area is 113 Å². The SMILES string of the molecule is CCCCN(CCN)C(=O)c1ccc(F)c(OC)c1. The fourth-order valence-corrected chi connectivity index (χ4v) is 1.80. The second kappa shape index (κ2) is 7.74. The van der Waals surface area contributed by atoms with Crippen molar-refractivity contribution in [1.82, 2.24) is 4.90 Å². The lowest BCUT2D eigenvalue weighted by Crippen LogP contribution is -2.36. The van der Waals surface area contributed by atoms with Gasteiger partial charge in [0.25, 0.3) is 5.91 Å². The van der Waals surface area contributed by atoms with Gasteiger partial charge in [0, 0.05) is 25.2 Å². The van der Waals surface area contributed by atoms with Crippen LogP contribution in [0.4, 0.5) is 4.39 Å². The highest BCUT2D eigenvalue weighted by Gasteiger charge is 2.16. The maximum absolute atomic E-state index is 13.3. The summed E-state index contributed by atoms with van der Waals surface area (Å²) < 4.78 is 18.2. The fourth-order valence-electron chi connectivity index (χ4n) is 1.80. The minimum atomic E-state index is -0.474. The number of hydrogen-bond donors (Lipinski definition) is 1. The van der Waals surface area contributed by atoms with Crippen LogP contribution in [0.3, 0.4) is 0 Å². The molecule has 0 unspecified atom stereocenters. The second-order valence-corrected chi connectivity index (χ2v) is 4.28. The van der Waals surface area contributed by atoms with Crippen molar-refractivity contribution < 1.29 is 13.9 Å². The molecule has 0 aliphatic rings. The van der Waals surface area contributed by atoms with Crippen LogP contribution in [0.5, 0.6) is 5.75 Å². The van der Waals surface area contributed by atoms with E-state index in [0.29, 0.717) is 25.2 Å². The monoisotopic (exact) mass is 268 g/mol. The molecule has 19 heavy (non-hydrogen) atoms. The third-order valence-corrected chi connectivity index (χ3v) is 2.87. The smallest absolute Gasteiger partial charge is 0.254 e. The third kappa shape index (κ3) is 4.21. The van der Waals surface area contributed by atoms with E-state index >= 15 is 0 Å². The molecule has 1 aromatic carbocycles. The predicted molar refractivity (Wildman–Crippen MR) is 72.8 cm³/mol. The van der Waals surface area contributed by atoms with E-state index in [0.717, 1.165) is 12.8 Å². The van der Waals surface area contributed by atoms with Gasteiger partial charge >= 0.3 is 0 Å². The summed E-state index contributed by atoms with van der Waals surface area (Å²) in [5.41, 5.74) is 5.94. The Morgan fingerprint density at radius 3 is 2.74 bits per heavy atom. The van der Waals surface area contributed by atoms with Gasteiger partial charge < -0.3 is 15.4 Å². The van der Waals surface area contributed by atoms with Gasteiger partial charge in [-0.15, -0.1) is 0 Å². The normalized spacial score (nSPS) is 10.3. The predicted octanol–water partition coefficient (Wildman–Crippen LogP) is 2.04. The number of rotatable bonds is 7. The van der Waals surface area contributed by atoms with E-state index in [1.54, 1.807) is 4.90 Å². The number of hydrogen-bond acceptors (Lipinski definition) is 3. The zero-order valence-corrected chi connectivity index (χ0v) is 11.5. The Hall–Kier alpha value is -1.62. The lowest BCUT2D eigenvalue weighted by Gasteiger charge is -2.22. The van der Waals surface area contributed by atoms with Crippen LogP contribution in [0, 0.1) is 5.82 Å². The first-order chi connectivity index (χ1) is 9.13. The maximum atomic E-state index is 13.3. The van der Waals surface area contributed by atoms with Crippen molar-refractivity contribution in [3.63, 3.8) is 0 Å². The van der Waals surface area contributed by atoms with Crippen molar-refractivity contribution in [2.24, 2.45) is 5.73 Å². The lowest BCUT2D eigenvalue weighted by atomic mass is 10.1. The molecule has 0 aromatic heterocycles. The standard InChI is InChI=1S/C14H21FN2O2/c1-3-4-8-17(9-7-16)14(18)11-5-6-12(15)13(10-11)19-2/h5-6,10H,3-4,7-9,16H2,1-2H3. The van der Waals surface area contributed by atoms with E-state index < -0.39 is 5.82 Å². The van der Waals surface area contributed by atoms with Crippen LogP contribution in [-0.4, -0.2) is 37.6 Å². The number of unbranched alkanes of at least 4 members (excludes halogenated alkanes) is 1. The van der Waals surface area contributed by atoms with Crippen molar-refractivity contribution in [2.75, 3.05) is 26.7 Å². The number of amides is 1. The summed E-state index contributed by atoms with van der Waals surface area (Å²) in [6.45, 7) is 3.63. The molecule has 1 rings (SSSR count). The van der Waals surface area contributed by atoms with Crippen LogP contribution in [0.2, 0.25) is 0 Å². The van der Waals surface area contributed by atoms with Gasteiger partial charge in [0.15, 0.2) is 11.6 Å². The maximum Gasteiger partial charge on any atom is 0.254 e. The van der Waals surface area contributed by atoms with Crippen molar-refractivity contribution in [3.05, 3.63) is 29.6 Å². The highest BCUT2D eigenvalue weighted by molar-refractivity contribution is 5.94. The number of carbonyl (C=O) groups is 1. The molecule has 2 N–H and O–H groups in total. The Bertz CT molecular complexity index is 424. The molecule has 0 heterocycles. The summed E-state index contributed by atoms with van der Waals surface area (Å²) >= 11 is 0. The van der Waals surface area contributed by atoms with Gasteiger partial charge in [0.1, 0.15) is 0 Å². The highest BCUT2D eigenvalue weighted by Crippen LogP contribution is 2.19. The van der Waals surface area contributed by atoms with Gasteiger partial charge in [-0.2, -0.15) is 0 Å². The molecule has 0 aliphatic carbocycles.